The summed E-state index contributed by atoms with van der Waals surface area (Å²) in [6, 6.07) is 1.36. The van der Waals surface area contributed by atoms with Crippen molar-refractivity contribution >= 4 is 0 Å². The van der Waals surface area contributed by atoms with Gasteiger partial charge >= 0.3 is 0 Å². The van der Waals surface area contributed by atoms with Crippen molar-refractivity contribution in [3.05, 3.63) is 0 Å². The van der Waals surface area contributed by atoms with E-state index in [2.05, 4.69) is 19.2 Å². The molecule has 2 heteroatoms. The van der Waals surface area contributed by atoms with Gasteiger partial charge < -0.3 is 10.1 Å². The van der Waals surface area contributed by atoms with Gasteiger partial charge in [0.15, 0.2) is 0 Å². The summed E-state index contributed by atoms with van der Waals surface area (Å²) in [5.74, 6) is 1.76. The Labute approximate surface area is 93.8 Å². The SMILES string of the molecule is CC1CCC(C)C(NC2CCCOC2)C1. The second kappa shape index (κ2) is 5.31. The quantitative estimate of drug-likeness (QED) is 0.758. The summed E-state index contributed by atoms with van der Waals surface area (Å²) in [4.78, 5) is 0. The lowest BCUT2D eigenvalue weighted by Gasteiger charge is -2.37. The van der Waals surface area contributed by atoms with E-state index in [0.29, 0.717) is 6.04 Å². The Kier molecular flexibility index (Phi) is 4.04. The van der Waals surface area contributed by atoms with Crippen molar-refractivity contribution in [2.75, 3.05) is 13.2 Å². The maximum atomic E-state index is 5.52. The van der Waals surface area contributed by atoms with Crippen molar-refractivity contribution in [3.8, 4) is 0 Å². The zero-order valence-corrected chi connectivity index (χ0v) is 10.2. The van der Waals surface area contributed by atoms with Gasteiger partial charge in [0.1, 0.15) is 0 Å². The van der Waals surface area contributed by atoms with E-state index in [1.54, 1.807) is 0 Å². The summed E-state index contributed by atoms with van der Waals surface area (Å²) in [7, 11) is 0. The van der Waals surface area contributed by atoms with Gasteiger partial charge in [0.25, 0.3) is 0 Å². The Morgan fingerprint density at radius 2 is 2.00 bits per heavy atom. The van der Waals surface area contributed by atoms with E-state index in [1.165, 1.54) is 32.1 Å². The van der Waals surface area contributed by atoms with Crippen molar-refractivity contribution in [1.82, 2.24) is 5.32 Å². The lowest BCUT2D eigenvalue weighted by Crippen LogP contribution is -2.48. The fraction of sp³-hybridized carbons (Fsp3) is 1.00. The van der Waals surface area contributed by atoms with Crippen LogP contribution in [0.25, 0.3) is 0 Å². The molecule has 0 amide bonds. The molecule has 1 aliphatic carbocycles. The fourth-order valence-electron chi connectivity index (χ4n) is 2.94. The molecule has 2 aliphatic rings. The van der Waals surface area contributed by atoms with Gasteiger partial charge in [0.2, 0.25) is 0 Å². The van der Waals surface area contributed by atoms with Gasteiger partial charge in [0, 0.05) is 18.7 Å². The number of hydrogen-bond acceptors (Lipinski definition) is 2. The molecule has 2 fully saturated rings. The normalized spacial score (nSPS) is 42.8. The number of rotatable bonds is 2. The highest BCUT2D eigenvalue weighted by molar-refractivity contribution is 4.84. The third-order valence-corrected chi connectivity index (χ3v) is 4.07. The van der Waals surface area contributed by atoms with Crippen LogP contribution in [0.15, 0.2) is 0 Å². The second-order valence-electron chi connectivity index (χ2n) is 5.58. The number of nitrogens with one attached hydrogen (secondary N) is 1. The van der Waals surface area contributed by atoms with Gasteiger partial charge in [-0.1, -0.05) is 20.3 Å². The summed E-state index contributed by atoms with van der Waals surface area (Å²) in [6.07, 6.45) is 6.70. The molecule has 0 aromatic heterocycles. The molecule has 2 rings (SSSR count). The lowest BCUT2D eigenvalue weighted by molar-refractivity contribution is 0.0583. The predicted molar refractivity (Wildman–Crippen MR) is 62.9 cm³/mol. The third kappa shape index (κ3) is 3.18. The molecule has 4 atom stereocenters. The number of hydrogen-bond donors (Lipinski definition) is 1. The van der Waals surface area contributed by atoms with Crippen LogP contribution in [-0.4, -0.2) is 25.3 Å². The summed E-state index contributed by atoms with van der Waals surface area (Å²) < 4.78 is 5.52. The van der Waals surface area contributed by atoms with E-state index in [-0.39, 0.29) is 0 Å². The van der Waals surface area contributed by atoms with E-state index in [4.69, 9.17) is 4.74 Å². The van der Waals surface area contributed by atoms with Gasteiger partial charge in [-0.25, -0.2) is 0 Å². The molecule has 2 nitrogen and oxygen atoms in total. The lowest BCUT2D eigenvalue weighted by atomic mass is 9.79. The molecule has 4 unspecified atom stereocenters. The second-order valence-corrected chi connectivity index (χ2v) is 5.58. The molecular weight excluding hydrogens is 186 g/mol. The topological polar surface area (TPSA) is 21.3 Å². The maximum absolute atomic E-state index is 5.52. The molecule has 1 saturated heterocycles. The zero-order valence-electron chi connectivity index (χ0n) is 10.2. The Morgan fingerprint density at radius 3 is 2.73 bits per heavy atom. The van der Waals surface area contributed by atoms with E-state index < -0.39 is 0 Å². The van der Waals surface area contributed by atoms with Crippen LogP contribution < -0.4 is 5.32 Å². The Balaban J connectivity index is 1.80. The van der Waals surface area contributed by atoms with E-state index in [9.17, 15) is 0 Å². The van der Waals surface area contributed by atoms with Crippen molar-refractivity contribution in [2.45, 2.75) is 58.0 Å². The molecule has 15 heavy (non-hydrogen) atoms. The highest BCUT2D eigenvalue weighted by Gasteiger charge is 2.27. The highest BCUT2D eigenvalue weighted by atomic mass is 16.5. The molecule has 1 aliphatic heterocycles. The van der Waals surface area contributed by atoms with Crippen LogP contribution in [-0.2, 0) is 4.74 Å². The Hall–Kier alpha value is -0.0800. The van der Waals surface area contributed by atoms with Crippen LogP contribution in [0.4, 0.5) is 0 Å². The molecule has 1 heterocycles. The van der Waals surface area contributed by atoms with Gasteiger partial charge in [-0.2, -0.15) is 0 Å². The molecular formula is C13H25NO. The minimum Gasteiger partial charge on any atom is -0.380 e. The first kappa shape index (κ1) is 11.4. The smallest absolute Gasteiger partial charge is 0.0619 e. The Morgan fingerprint density at radius 1 is 1.13 bits per heavy atom. The molecule has 0 spiro atoms. The molecule has 88 valence electrons. The van der Waals surface area contributed by atoms with Crippen molar-refractivity contribution < 1.29 is 4.74 Å². The first-order chi connectivity index (χ1) is 7.25. The van der Waals surface area contributed by atoms with Crippen LogP contribution in [0.2, 0.25) is 0 Å². The average Bonchev–Trinajstić information content (AvgIpc) is 2.25. The van der Waals surface area contributed by atoms with Gasteiger partial charge in [-0.3, -0.25) is 0 Å². The average molecular weight is 211 g/mol. The standard InChI is InChI=1S/C13H25NO/c1-10-5-6-11(2)13(8-10)14-12-4-3-7-15-9-12/h10-14H,3-9H2,1-2H3. The first-order valence-electron chi connectivity index (χ1n) is 6.59. The summed E-state index contributed by atoms with van der Waals surface area (Å²) >= 11 is 0. The Bertz CT molecular complexity index is 189. The van der Waals surface area contributed by atoms with Gasteiger partial charge in [-0.05, 0) is 37.5 Å². The molecule has 0 aromatic carbocycles. The van der Waals surface area contributed by atoms with Crippen LogP contribution in [0.5, 0.6) is 0 Å². The first-order valence-corrected chi connectivity index (χ1v) is 6.59. The fourth-order valence-corrected chi connectivity index (χ4v) is 2.94. The van der Waals surface area contributed by atoms with Crippen LogP contribution in [0.1, 0.15) is 46.0 Å². The largest absolute Gasteiger partial charge is 0.380 e. The molecule has 1 saturated carbocycles. The number of ether oxygens (including phenoxy) is 1. The molecule has 0 bridgehead atoms. The summed E-state index contributed by atoms with van der Waals surface area (Å²) in [5.41, 5.74) is 0. The van der Waals surface area contributed by atoms with Crippen molar-refractivity contribution in [2.24, 2.45) is 11.8 Å². The zero-order chi connectivity index (χ0) is 10.7. The van der Waals surface area contributed by atoms with Crippen LogP contribution in [0.3, 0.4) is 0 Å². The summed E-state index contributed by atoms with van der Waals surface area (Å²) in [5, 5.41) is 3.81. The van der Waals surface area contributed by atoms with E-state index in [1.807, 2.05) is 0 Å². The molecule has 0 aromatic rings. The van der Waals surface area contributed by atoms with Crippen LogP contribution >= 0.6 is 0 Å². The van der Waals surface area contributed by atoms with Crippen molar-refractivity contribution in [1.29, 1.82) is 0 Å². The maximum Gasteiger partial charge on any atom is 0.0619 e. The summed E-state index contributed by atoms with van der Waals surface area (Å²) in [6.45, 7) is 6.68. The minimum atomic E-state index is 0.622. The van der Waals surface area contributed by atoms with Gasteiger partial charge in [-0.15, -0.1) is 0 Å². The van der Waals surface area contributed by atoms with Crippen molar-refractivity contribution in [3.63, 3.8) is 0 Å². The monoisotopic (exact) mass is 211 g/mol. The highest BCUT2D eigenvalue weighted by Crippen LogP contribution is 2.29. The van der Waals surface area contributed by atoms with Crippen LogP contribution in [0, 0.1) is 11.8 Å². The predicted octanol–water partition coefficient (Wildman–Crippen LogP) is 2.58. The minimum absolute atomic E-state index is 0.622. The third-order valence-electron chi connectivity index (χ3n) is 4.07. The van der Waals surface area contributed by atoms with E-state index >= 15 is 0 Å². The molecule has 0 radical (unpaired) electrons. The van der Waals surface area contributed by atoms with Gasteiger partial charge in [0.05, 0.1) is 6.61 Å². The molecule has 1 N–H and O–H groups in total. The van der Waals surface area contributed by atoms with E-state index in [0.717, 1.165) is 31.1 Å².